The van der Waals surface area contributed by atoms with Crippen LogP contribution in [-0.2, 0) is 11.2 Å². The maximum atomic E-state index is 11.2. The normalized spacial score (nSPS) is 25.4. The molecule has 1 aromatic heterocycles. The lowest BCUT2D eigenvalue weighted by Crippen LogP contribution is -2.26. The summed E-state index contributed by atoms with van der Waals surface area (Å²) in [7, 11) is 0. The van der Waals surface area contributed by atoms with Crippen molar-refractivity contribution in [2.45, 2.75) is 24.0 Å². The molecule has 0 spiro atoms. The first-order valence-electron chi connectivity index (χ1n) is 4.95. The van der Waals surface area contributed by atoms with Gasteiger partial charge in [0, 0.05) is 17.1 Å². The van der Waals surface area contributed by atoms with Gasteiger partial charge in [-0.15, -0.1) is 11.8 Å². The number of rotatable bonds is 3. The number of aromatic nitrogens is 1. The van der Waals surface area contributed by atoms with Crippen LogP contribution >= 0.6 is 27.7 Å². The zero-order valence-corrected chi connectivity index (χ0v) is 10.7. The fourth-order valence-corrected chi connectivity index (χ4v) is 3.51. The van der Waals surface area contributed by atoms with Gasteiger partial charge in [-0.25, -0.2) is 0 Å². The molecule has 1 aliphatic heterocycles. The van der Waals surface area contributed by atoms with E-state index in [9.17, 15) is 4.79 Å². The Hall–Kier alpha value is -0.350. The van der Waals surface area contributed by atoms with Gasteiger partial charge in [-0.2, -0.15) is 0 Å². The lowest BCUT2D eigenvalue weighted by Gasteiger charge is -2.20. The predicted octanol–water partition coefficient (Wildman–Crippen LogP) is 2.85. The second-order valence-electron chi connectivity index (χ2n) is 3.74. The van der Waals surface area contributed by atoms with Crippen molar-refractivity contribution in [1.29, 1.82) is 0 Å². The highest BCUT2D eigenvalue weighted by molar-refractivity contribution is 9.10. The van der Waals surface area contributed by atoms with Crippen LogP contribution in [0.1, 0.15) is 18.5 Å². The van der Waals surface area contributed by atoms with E-state index in [0.29, 0.717) is 0 Å². The van der Waals surface area contributed by atoms with Gasteiger partial charge in [0.2, 0.25) is 0 Å². The fraction of sp³-hybridized carbons (Fsp3) is 0.455. The monoisotopic (exact) mass is 285 g/mol. The van der Waals surface area contributed by atoms with Crippen molar-refractivity contribution in [3.8, 4) is 0 Å². The molecule has 1 unspecified atom stereocenters. The lowest BCUT2D eigenvalue weighted by atomic mass is 9.98. The standard InChI is InChI=1S/C11H12BrNOS/c12-9-3-1-5-13-10(9)7-11(8-14)4-2-6-15-11/h1,3,5,8H,2,4,6-7H2. The third kappa shape index (κ3) is 2.42. The molecule has 0 aromatic carbocycles. The highest BCUT2D eigenvalue weighted by atomic mass is 79.9. The van der Waals surface area contributed by atoms with Crippen LogP contribution in [0.4, 0.5) is 0 Å². The first-order chi connectivity index (χ1) is 7.26. The minimum absolute atomic E-state index is 0.225. The number of carbonyl (C=O) groups excluding carboxylic acids is 1. The maximum Gasteiger partial charge on any atom is 0.136 e. The number of hydrogen-bond donors (Lipinski definition) is 0. The number of aldehydes is 1. The molecule has 2 rings (SSSR count). The Labute approximate surface area is 102 Å². The average molecular weight is 286 g/mol. The van der Waals surface area contributed by atoms with Crippen molar-refractivity contribution in [3.63, 3.8) is 0 Å². The van der Waals surface area contributed by atoms with Crippen molar-refractivity contribution in [3.05, 3.63) is 28.5 Å². The van der Waals surface area contributed by atoms with Crippen LogP contribution in [0.3, 0.4) is 0 Å². The van der Waals surface area contributed by atoms with Crippen molar-refractivity contribution < 1.29 is 4.79 Å². The summed E-state index contributed by atoms with van der Waals surface area (Å²) in [4.78, 5) is 15.5. The first-order valence-corrected chi connectivity index (χ1v) is 6.73. The molecule has 1 aliphatic rings. The topological polar surface area (TPSA) is 30.0 Å². The zero-order chi connectivity index (χ0) is 10.7. The molecule has 0 N–H and O–H groups in total. The summed E-state index contributed by atoms with van der Waals surface area (Å²) >= 11 is 5.23. The molecule has 0 amide bonds. The SMILES string of the molecule is O=CC1(Cc2ncccc2Br)CCCS1. The van der Waals surface area contributed by atoms with Gasteiger partial charge in [-0.3, -0.25) is 4.98 Å². The van der Waals surface area contributed by atoms with Gasteiger partial charge in [0.05, 0.1) is 10.4 Å². The Morgan fingerprint density at radius 3 is 3.13 bits per heavy atom. The molecule has 2 nitrogen and oxygen atoms in total. The maximum absolute atomic E-state index is 11.2. The van der Waals surface area contributed by atoms with E-state index >= 15 is 0 Å². The molecule has 0 radical (unpaired) electrons. The third-order valence-electron chi connectivity index (χ3n) is 2.65. The second-order valence-corrected chi connectivity index (χ2v) is 6.11. The number of hydrogen-bond acceptors (Lipinski definition) is 3. The van der Waals surface area contributed by atoms with Crippen LogP contribution in [0, 0.1) is 0 Å². The van der Waals surface area contributed by atoms with Crippen molar-refractivity contribution in [1.82, 2.24) is 4.98 Å². The molecule has 0 saturated carbocycles. The highest BCUT2D eigenvalue weighted by Crippen LogP contribution is 2.39. The summed E-state index contributed by atoms with van der Waals surface area (Å²) in [5, 5.41) is 0. The Bertz CT molecular complexity index is 363. The summed E-state index contributed by atoms with van der Waals surface area (Å²) < 4.78 is 0.773. The second kappa shape index (κ2) is 4.66. The molecule has 0 aliphatic carbocycles. The minimum Gasteiger partial charge on any atom is -0.302 e. The molecule has 0 bridgehead atoms. The van der Waals surface area contributed by atoms with Crippen LogP contribution < -0.4 is 0 Å². The van der Waals surface area contributed by atoms with Gasteiger partial charge in [0.15, 0.2) is 0 Å². The van der Waals surface area contributed by atoms with Gasteiger partial charge < -0.3 is 4.79 Å². The summed E-state index contributed by atoms with van der Waals surface area (Å²) in [6.07, 6.45) is 5.73. The van der Waals surface area contributed by atoms with E-state index in [1.807, 2.05) is 12.1 Å². The van der Waals surface area contributed by atoms with E-state index in [2.05, 4.69) is 20.9 Å². The minimum atomic E-state index is -0.225. The smallest absolute Gasteiger partial charge is 0.136 e. The average Bonchev–Trinajstić information content (AvgIpc) is 2.71. The van der Waals surface area contributed by atoms with Gasteiger partial charge in [-0.05, 0) is 46.7 Å². The van der Waals surface area contributed by atoms with Crippen molar-refractivity contribution >= 4 is 34.0 Å². The van der Waals surface area contributed by atoms with E-state index < -0.39 is 0 Å². The number of halogens is 1. The van der Waals surface area contributed by atoms with E-state index in [1.165, 1.54) is 0 Å². The molecule has 4 heteroatoms. The Morgan fingerprint density at radius 1 is 1.67 bits per heavy atom. The van der Waals surface area contributed by atoms with Crippen LogP contribution in [0.5, 0.6) is 0 Å². The number of carbonyl (C=O) groups is 1. The number of nitrogens with zero attached hydrogens (tertiary/aromatic N) is 1. The third-order valence-corrected chi connectivity index (χ3v) is 4.88. The van der Waals surface area contributed by atoms with Crippen LogP contribution in [-0.4, -0.2) is 21.8 Å². The van der Waals surface area contributed by atoms with E-state index in [1.54, 1.807) is 18.0 Å². The first kappa shape index (κ1) is 11.1. The van der Waals surface area contributed by atoms with Gasteiger partial charge in [-0.1, -0.05) is 0 Å². The molecule has 1 saturated heterocycles. The molecular weight excluding hydrogens is 274 g/mol. The number of thioether (sulfide) groups is 1. The summed E-state index contributed by atoms with van der Waals surface area (Å²) in [5.41, 5.74) is 0.985. The molecular formula is C11H12BrNOS. The number of pyridine rings is 1. The van der Waals surface area contributed by atoms with Gasteiger partial charge in [0.25, 0.3) is 0 Å². The quantitative estimate of drug-likeness (QED) is 0.800. The molecule has 1 aromatic rings. The van der Waals surface area contributed by atoms with Gasteiger partial charge in [0.1, 0.15) is 6.29 Å². The van der Waals surface area contributed by atoms with Crippen LogP contribution in [0.25, 0.3) is 0 Å². The highest BCUT2D eigenvalue weighted by Gasteiger charge is 2.35. The van der Waals surface area contributed by atoms with E-state index in [0.717, 1.165) is 41.5 Å². The van der Waals surface area contributed by atoms with E-state index in [4.69, 9.17) is 0 Å². The molecule has 2 heterocycles. The molecule has 1 atom stereocenters. The van der Waals surface area contributed by atoms with Crippen molar-refractivity contribution in [2.24, 2.45) is 0 Å². The van der Waals surface area contributed by atoms with Crippen molar-refractivity contribution in [2.75, 3.05) is 5.75 Å². The molecule has 15 heavy (non-hydrogen) atoms. The Balaban J connectivity index is 2.20. The summed E-state index contributed by atoms with van der Waals surface area (Å²) in [5.74, 6) is 1.09. The largest absolute Gasteiger partial charge is 0.302 e. The predicted molar refractivity (Wildman–Crippen MR) is 66.1 cm³/mol. The summed E-state index contributed by atoms with van der Waals surface area (Å²) in [6.45, 7) is 0. The summed E-state index contributed by atoms with van der Waals surface area (Å²) in [6, 6.07) is 3.86. The van der Waals surface area contributed by atoms with Crippen LogP contribution in [0.15, 0.2) is 22.8 Å². The Kier molecular flexibility index (Phi) is 3.46. The van der Waals surface area contributed by atoms with Gasteiger partial charge >= 0.3 is 0 Å². The molecule has 80 valence electrons. The Morgan fingerprint density at radius 2 is 2.53 bits per heavy atom. The fourth-order valence-electron chi connectivity index (χ4n) is 1.82. The zero-order valence-electron chi connectivity index (χ0n) is 8.28. The van der Waals surface area contributed by atoms with E-state index in [-0.39, 0.29) is 4.75 Å². The lowest BCUT2D eigenvalue weighted by molar-refractivity contribution is -0.109. The van der Waals surface area contributed by atoms with Crippen LogP contribution in [0.2, 0.25) is 0 Å². The molecule has 1 fully saturated rings.